The Morgan fingerprint density at radius 2 is 1.82 bits per heavy atom. The van der Waals surface area contributed by atoms with Crippen molar-refractivity contribution >= 4 is 45.8 Å². The molecule has 10 nitrogen and oxygen atoms in total. The molecule has 0 bridgehead atoms. The highest BCUT2D eigenvalue weighted by molar-refractivity contribution is 7.15. The molecule has 172 valence electrons. The molecule has 2 aromatic carbocycles. The third kappa shape index (κ3) is 4.95. The number of hydrogen-bond donors (Lipinski definition) is 1. The number of carbonyl (C=O) groups excluding carboxylic acids is 3. The molecule has 2 heterocycles. The average molecular weight is 498 g/mol. The summed E-state index contributed by atoms with van der Waals surface area (Å²) in [5.74, 6) is -1.93. The van der Waals surface area contributed by atoms with Gasteiger partial charge in [-0.2, -0.15) is 0 Å². The van der Waals surface area contributed by atoms with Crippen molar-refractivity contribution in [1.82, 2.24) is 20.2 Å². The van der Waals surface area contributed by atoms with Crippen LogP contribution in [0.3, 0.4) is 0 Å². The minimum atomic E-state index is -0.686. The van der Waals surface area contributed by atoms with Crippen molar-refractivity contribution in [1.29, 1.82) is 0 Å². The maximum atomic E-state index is 12.4. The van der Waals surface area contributed by atoms with Gasteiger partial charge in [-0.1, -0.05) is 29.8 Å². The molecule has 4 aromatic rings. The second-order valence-electron chi connectivity index (χ2n) is 6.75. The van der Waals surface area contributed by atoms with Crippen molar-refractivity contribution < 1.29 is 23.9 Å². The summed E-state index contributed by atoms with van der Waals surface area (Å²) >= 11 is 7.40. The van der Waals surface area contributed by atoms with E-state index in [0.717, 1.165) is 11.3 Å². The van der Waals surface area contributed by atoms with E-state index in [1.165, 1.54) is 30.3 Å². The minimum Gasteiger partial charge on any atom is -0.465 e. The zero-order valence-corrected chi connectivity index (χ0v) is 19.2. The smallest absolute Gasteiger partial charge is 0.341 e. The molecular weight excluding hydrogens is 482 g/mol. The molecule has 0 saturated heterocycles. The van der Waals surface area contributed by atoms with Gasteiger partial charge >= 0.3 is 11.9 Å². The summed E-state index contributed by atoms with van der Waals surface area (Å²) in [6, 6.07) is 13.3. The van der Waals surface area contributed by atoms with E-state index in [2.05, 4.69) is 20.8 Å². The lowest BCUT2D eigenvalue weighted by Gasteiger charge is -2.09. The Morgan fingerprint density at radius 3 is 2.50 bits per heavy atom. The molecule has 0 aliphatic heterocycles. The summed E-state index contributed by atoms with van der Waals surface area (Å²) in [5, 5.41) is 15.9. The molecule has 0 aliphatic rings. The van der Waals surface area contributed by atoms with Gasteiger partial charge in [-0.15, -0.1) is 16.4 Å². The summed E-state index contributed by atoms with van der Waals surface area (Å²) in [6.07, 6.45) is 1.42. The number of rotatable bonds is 7. The fourth-order valence-electron chi connectivity index (χ4n) is 3.04. The van der Waals surface area contributed by atoms with Crippen LogP contribution in [-0.2, 0) is 14.3 Å². The van der Waals surface area contributed by atoms with Gasteiger partial charge in [0, 0.05) is 21.5 Å². The second-order valence-corrected chi connectivity index (χ2v) is 8.04. The number of amides is 1. The van der Waals surface area contributed by atoms with Gasteiger partial charge in [0.05, 0.1) is 18.4 Å². The monoisotopic (exact) mass is 497 g/mol. The number of carbonyl (C=O) groups is 3. The first-order valence-electron chi connectivity index (χ1n) is 9.73. The number of anilines is 1. The molecule has 0 fully saturated rings. The predicted molar refractivity (Wildman–Crippen MR) is 124 cm³/mol. The zero-order chi connectivity index (χ0) is 24.1. The Balaban J connectivity index is 1.43. The predicted octanol–water partition coefficient (Wildman–Crippen LogP) is 3.63. The SMILES string of the molecule is COC(=O)c1c(-c2ccccc2Cl)csc1NC(=O)COC(=O)c1ccc(-n2cnnn2)cc1. The number of thiophene rings is 1. The van der Waals surface area contributed by atoms with Crippen LogP contribution in [-0.4, -0.2) is 51.8 Å². The van der Waals surface area contributed by atoms with Crippen LogP contribution in [0.25, 0.3) is 16.8 Å². The molecule has 0 spiro atoms. The number of nitrogens with one attached hydrogen (secondary N) is 1. The Morgan fingerprint density at radius 1 is 1.06 bits per heavy atom. The van der Waals surface area contributed by atoms with Crippen LogP contribution < -0.4 is 5.32 Å². The normalized spacial score (nSPS) is 10.5. The number of esters is 2. The zero-order valence-electron chi connectivity index (χ0n) is 17.6. The van der Waals surface area contributed by atoms with E-state index in [9.17, 15) is 14.4 Å². The van der Waals surface area contributed by atoms with E-state index in [4.69, 9.17) is 21.1 Å². The Kier molecular flexibility index (Phi) is 6.95. The summed E-state index contributed by atoms with van der Waals surface area (Å²) in [7, 11) is 1.24. The van der Waals surface area contributed by atoms with Crippen molar-refractivity contribution in [3.8, 4) is 16.8 Å². The molecule has 1 N–H and O–H groups in total. The maximum absolute atomic E-state index is 12.4. The first-order valence-corrected chi connectivity index (χ1v) is 11.0. The number of hydrogen-bond acceptors (Lipinski definition) is 9. The molecule has 0 saturated carbocycles. The first-order chi connectivity index (χ1) is 16.5. The third-order valence-corrected chi connectivity index (χ3v) is 5.87. The number of nitrogens with zero attached hydrogens (tertiary/aromatic N) is 4. The van der Waals surface area contributed by atoms with Crippen molar-refractivity contribution in [2.45, 2.75) is 0 Å². The van der Waals surface area contributed by atoms with Gasteiger partial charge in [0.15, 0.2) is 6.61 Å². The van der Waals surface area contributed by atoms with Crippen LogP contribution in [0, 0.1) is 0 Å². The van der Waals surface area contributed by atoms with Crippen LogP contribution in [0.1, 0.15) is 20.7 Å². The lowest BCUT2D eigenvalue weighted by molar-refractivity contribution is -0.119. The number of ether oxygens (including phenoxy) is 2. The quantitative estimate of drug-likeness (QED) is 0.384. The van der Waals surface area contributed by atoms with Crippen LogP contribution >= 0.6 is 22.9 Å². The molecule has 4 rings (SSSR count). The van der Waals surface area contributed by atoms with Gasteiger partial charge in [0.1, 0.15) is 16.9 Å². The van der Waals surface area contributed by atoms with E-state index >= 15 is 0 Å². The van der Waals surface area contributed by atoms with E-state index in [-0.39, 0.29) is 16.1 Å². The summed E-state index contributed by atoms with van der Waals surface area (Å²) in [6.45, 7) is -0.548. The minimum absolute atomic E-state index is 0.165. The van der Waals surface area contributed by atoms with Gasteiger partial charge in [-0.3, -0.25) is 4.79 Å². The highest BCUT2D eigenvalue weighted by Crippen LogP contribution is 2.39. The molecule has 2 aromatic heterocycles. The number of methoxy groups -OCH3 is 1. The number of halogens is 1. The molecule has 0 aliphatic carbocycles. The van der Waals surface area contributed by atoms with Gasteiger partial charge in [-0.05, 0) is 40.8 Å². The molecule has 0 radical (unpaired) electrons. The molecule has 1 amide bonds. The molecule has 12 heteroatoms. The molecule has 0 atom stereocenters. The van der Waals surface area contributed by atoms with Gasteiger partial charge in [0.25, 0.3) is 5.91 Å². The van der Waals surface area contributed by atoms with Crippen LogP contribution in [0.2, 0.25) is 5.02 Å². The number of benzene rings is 2. The number of aromatic nitrogens is 4. The largest absolute Gasteiger partial charge is 0.465 e. The Bertz CT molecular complexity index is 1340. The molecule has 0 unspecified atom stereocenters. The highest BCUT2D eigenvalue weighted by atomic mass is 35.5. The van der Waals surface area contributed by atoms with Gasteiger partial charge in [-0.25, -0.2) is 14.3 Å². The molecule has 34 heavy (non-hydrogen) atoms. The maximum Gasteiger partial charge on any atom is 0.341 e. The van der Waals surface area contributed by atoms with Gasteiger partial charge < -0.3 is 14.8 Å². The van der Waals surface area contributed by atoms with Crippen molar-refractivity contribution in [2.75, 3.05) is 19.0 Å². The highest BCUT2D eigenvalue weighted by Gasteiger charge is 2.23. The van der Waals surface area contributed by atoms with Crippen molar-refractivity contribution in [2.24, 2.45) is 0 Å². The van der Waals surface area contributed by atoms with Crippen molar-refractivity contribution in [3.05, 3.63) is 76.4 Å². The van der Waals surface area contributed by atoms with Crippen molar-refractivity contribution in [3.63, 3.8) is 0 Å². The molecular formula is C22H16ClN5O5S. The summed E-state index contributed by atoms with van der Waals surface area (Å²) in [5.41, 5.74) is 2.22. The number of tetrazole rings is 1. The Labute approximate surface area is 202 Å². The lowest BCUT2D eigenvalue weighted by Crippen LogP contribution is -2.21. The Hall–Kier alpha value is -4.09. The van der Waals surface area contributed by atoms with E-state index in [1.54, 1.807) is 41.8 Å². The second kappa shape index (κ2) is 10.2. The fraction of sp³-hybridized carbons (Fsp3) is 0.0909. The summed E-state index contributed by atoms with van der Waals surface area (Å²) < 4.78 is 11.4. The fourth-order valence-corrected chi connectivity index (χ4v) is 4.24. The summed E-state index contributed by atoms with van der Waals surface area (Å²) in [4.78, 5) is 37.2. The average Bonchev–Trinajstić information content (AvgIpc) is 3.53. The van der Waals surface area contributed by atoms with E-state index < -0.39 is 24.5 Å². The van der Waals surface area contributed by atoms with Crippen LogP contribution in [0.4, 0.5) is 5.00 Å². The third-order valence-electron chi connectivity index (χ3n) is 4.65. The van der Waals surface area contributed by atoms with Crippen LogP contribution in [0.5, 0.6) is 0 Å². The van der Waals surface area contributed by atoms with E-state index in [0.29, 0.717) is 21.8 Å². The van der Waals surface area contributed by atoms with Crippen LogP contribution in [0.15, 0.2) is 60.2 Å². The van der Waals surface area contributed by atoms with Gasteiger partial charge in [0.2, 0.25) is 0 Å². The van der Waals surface area contributed by atoms with E-state index in [1.807, 2.05) is 0 Å². The lowest BCUT2D eigenvalue weighted by atomic mass is 10.0. The topological polar surface area (TPSA) is 125 Å². The standard InChI is InChI=1S/C22H16ClN5O5S/c1-32-22(31)19-16(15-4-2-3-5-17(15)23)11-34-20(19)25-18(29)10-33-21(30)13-6-8-14(9-7-13)28-12-24-26-27-28/h2-9,11-12H,10H2,1H3,(H,25,29). The first kappa shape index (κ1) is 23.1.